The molecule has 0 radical (unpaired) electrons. The van der Waals surface area contributed by atoms with E-state index in [1.165, 1.54) is 11.9 Å². The topological polar surface area (TPSA) is 73.0 Å². The van der Waals surface area contributed by atoms with E-state index in [1.807, 2.05) is 17.5 Å². The van der Waals surface area contributed by atoms with Gasteiger partial charge in [-0.05, 0) is 38.4 Å². The molecule has 2 aromatic heterocycles. The summed E-state index contributed by atoms with van der Waals surface area (Å²) in [5.41, 5.74) is 2.32. The first kappa shape index (κ1) is 17.2. The van der Waals surface area contributed by atoms with E-state index in [-0.39, 0.29) is 11.9 Å². The lowest BCUT2D eigenvalue weighted by molar-refractivity contribution is -0.388. The van der Waals surface area contributed by atoms with Crippen LogP contribution in [-0.2, 0) is 7.05 Å². The predicted molar refractivity (Wildman–Crippen MR) is 100 cm³/mol. The van der Waals surface area contributed by atoms with E-state index in [0.717, 1.165) is 10.4 Å². The Labute approximate surface area is 150 Å². The molecule has 0 saturated heterocycles. The number of benzene rings is 1. The van der Waals surface area contributed by atoms with Crippen molar-refractivity contribution in [2.45, 2.75) is 25.8 Å². The van der Waals surface area contributed by atoms with Crippen LogP contribution in [0.4, 0.5) is 11.6 Å². The molecule has 0 aliphatic heterocycles. The van der Waals surface area contributed by atoms with Gasteiger partial charge in [-0.15, -0.1) is 11.3 Å². The van der Waals surface area contributed by atoms with Gasteiger partial charge < -0.3 is 15.4 Å². The largest absolute Gasteiger partial charge is 0.406 e. The monoisotopic (exact) mass is 356 g/mol. The van der Waals surface area contributed by atoms with E-state index < -0.39 is 4.92 Å². The molecule has 1 unspecified atom stereocenters. The number of aryl methyl sites for hydroxylation is 1. The first-order valence-electron chi connectivity index (χ1n) is 8.03. The van der Waals surface area contributed by atoms with Crippen molar-refractivity contribution in [1.82, 2.24) is 9.55 Å². The Bertz CT molecular complexity index is 854. The molecule has 0 amide bonds. The van der Waals surface area contributed by atoms with Crippen molar-refractivity contribution < 1.29 is 4.92 Å². The normalized spacial score (nSPS) is 12.3. The molecule has 1 N–H and O–H groups in total. The molecule has 0 aliphatic rings. The molecule has 130 valence electrons. The number of anilines is 1. The summed E-state index contributed by atoms with van der Waals surface area (Å²) in [7, 11) is 1.75. The Morgan fingerprint density at radius 3 is 2.44 bits per heavy atom. The van der Waals surface area contributed by atoms with Gasteiger partial charge in [-0.2, -0.15) is 0 Å². The summed E-state index contributed by atoms with van der Waals surface area (Å²) in [5, 5.41) is 16.6. The smallest absolute Gasteiger partial charge is 0.358 e. The summed E-state index contributed by atoms with van der Waals surface area (Å²) >= 11 is 1.62. The lowest BCUT2D eigenvalue weighted by atomic mass is 9.98. The molecule has 0 saturated carbocycles. The van der Waals surface area contributed by atoms with Gasteiger partial charge in [-0.25, -0.2) is 0 Å². The van der Waals surface area contributed by atoms with Crippen molar-refractivity contribution in [3.8, 4) is 0 Å². The molecule has 1 atom stereocenters. The number of rotatable bonds is 6. The summed E-state index contributed by atoms with van der Waals surface area (Å²) in [5.74, 6) is 0.694. The number of hydrogen-bond acceptors (Lipinski definition) is 5. The third-order valence-electron chi connectivity index (χ3n) is 4.14. The Morgan fingerprint density at radius 2 is 1.88 bits per heavy atom. The standard InChI is InChI=1S/C18H20N4O2S/c1-12(2)13-6-8-14(9-7-13)16(15-5-4-10-25-15)20-18-17(22(23)24)19-11-21(18)3/h4-12,16,20H,1-3H3. The van der Waals surface area contributed by atoms with Crippen LogP contribution in [0.1, 0.15) is 41.8 Å². The molecule has 1 aromatic carbocycles. The summed E-state index contributed by atoms with van der Waals surface area (Å²) in [6, 6.07) is 12.2. The van der Waals surface area contributed by atoms with Crippen molar-refractivity contribution in [3.63, 3.8) is 0 Å². The van der Waals surface area contributed by atoms with Gasteiger partial charge >= 0.3 is 5.82 Å². The van der Waals surface area contributed by atoms with Gasteiger partial charge in [-0.3, -0.25) is 4.57 Å². The van der Waals surface area contributed by atoms with Crippen molar-refractivity contribution in [2.24, 2.45) is 7.05 Å². The molecule has 0 spiro atoms. The molecule has 6 nitrogen and oxygen atoms in total. The first-order chi connectivity index (χ1) is 12.0. The second kappa shape index (κ2) is 7.06. The van der Waals surface area contributed by atoms with Gasteiger partial charge in [0, 0.05) is 11.9 Å². The molecule has 0 bridgehead atoms. The number of thiophene rings is 1. The Hall–Kier alpha value is -2.67. The molecule has 2 heterocycles. The molecule has 7 heteroatoms. The highest BCUT2D eigenvalue weighted by molar-refractivity contribution is 7.10. The number of nitro groups is 1. The molecule has 0 fully saturated rings. The maximum Gasteiger partial charge on any atom is 0.406 e. The van der Waals surface area contributed by atoms with E-state index in [4.69, 9.17) is 0 Å². The quantitative estimate of drug-likeness (QED) is 0.512. The number of nitrogens with one attached hydrogen (secondary N) is 1. The minimum atomic E-state index is -0.463. The molecule has 25 heavy (non-hydrogen) atoms. The zero-order valence-corrected chi connectivity index (χ0v) is 15.2. The predicted octanol–water partition coefficient (Wildman–Crippen LogP) is 4.71. The lowest BCUT2D eigenvalue weighted by Crippen LogP contribution is -2.14. The highest BCUT2D eigenvalue weighted by atomic mass is 32.1. The summed E-state index contributed by atoms with van der Waals surface area (Å²) in [4.78, 5) is 15.8. The summed E-state index contributed by atoms with van der Waals surface area (Å²) < 4.78 is 1.64. The van der Waals surface area contributed by atoms with Crippen LogP contribution in [0.15, 0.2) is 48.1 Å². The van der Waals surface area contributed by atoms with E-state index in [2.05, 4.69) is 48.4 Å². The van der Waals surface area contributed by atoms with Crippen molar-refractivity contribution >= 4 is 23.0 Å². The third kappa shape index (κ3) is 3.56. The second-order valence-electron chi connectivity index (χ2n) is 6.20. The average molecular weight is 356 g/mol. The summed E-state index contributed by atoms with van der Waals surface area (Å²) in [6.07, 6.45) is 1.45. The minimum absolute atomic E-state index is 0.164. The SMILES string of the molecule is CC(C)c1ccc(C(Nc2c([N+](=O)[O-])ncn2C)c2cccs2)cc1. The van der Waals surface area contributed by atoms with Gasteiger partial charge in [0.2, 0.25) is 12.1 Å². The van der Waals surface area contributed by atoms with Crippen LogP contribution < -0.4 is 5.32 Å². The molecular weight excluding hydrogens is 336 g/mol. The maximum absolute atomic E-state index is 11.3. The highest BCUT2D eigenvalue weighted by Crippen LogP contribution is 2.33. The van der Waals surface area contributed by atoms with Crippen molar-refractivity contribution in [2.75, 3.05) is 5.32 Å². The van der Waals surface area contributed by atoms with Crippen LogP contribution in [0, 0.1) is 10.1 Å². The van der Waals surface area contributed by atoms with Gasteiger partial charge in [0.25, 0.3) is 0 Å². The number of aromatic nitrogens is 2. The van der Waals surface area contributed by atoms with Crippen LogP contribution in [0.25, 0.3) is 0 Å². The minimum Gasteiger partial charge on any atom is -0.358 e. The maximum atomic E-state index is 11.3. The fourth-order valence-electron chi connectivity index (χ4n) is 2.70. The molecule has 3 aromatic rings. The first-order valence-corrected chi connectivity index (χ1v) is 8.91. The van der Waals surface area contributed by atoms with E-state index >= 15 is 0 Å². The van der Waals surface area contributed by atoms with Gasteiger partial charge in [0.05, 0.1) is 6.04 Å². The number of imidazole rings is 1. The summed E-state index contributed by atoms with van der Waals surface area (Å²) in [6.45, 7) is 4.31. The lowest BCUT2D eigenvalue weighted by Gasteiger charge is -2.19. The van der Waals surface area contributed by atoms with Crippen LogP contribution >= 0.6 is 11.3 Å². The zero-order chi connectivity index (χ0) is 18.0. The van der Waals surface area contributed by atoms with E-state index in [0.29, 0.717) is 11.7 Å². The van der Waals surface area contributed by atoms with Crippen molar-refractivity contribution in [3.05, 3.63) is 74.2 Å². The van der Waals surface area contributed by atoms with Gasteiger partial charge in [0.1, 0.15) is 0 Å². The second-order valence-corrected chi connectivity index (χ2v) is 7.18. The Kier molecular flexibility index (Phi) is 4.85. The van der Waals surface area contributed by atoms with Crippen LogP contribution in [0.2, 0.25) is 0 Å². The average Bonchev–Trinajstić information content (AvgIpc) is 3.23. The molecule has 3 rings (SSSR count). The Balaban J connectivity index is 2.00. The van der Waals surface area contributed by atoms with E-state index in [9.17, 15) is 10.1 Å². The van der Waals surface area contributed by atoms with Crippen LogP contribution in [0.3, 0.4) is 0 Å². The zero-order valence-electron chi connectivity index (χ0n) is 14.3. The van der Waals surface area contributed by atoms with Gasteiger partial charge in [0.15, 0.2) is 0 Å². The van der Waals surface area contributed by atoms with Gasteiger partial charge in [-0.1, -0.05) is 44.2 Å². The fourth-order valence-corrected chi connectivity index (χ4v) is 3.50. The van der Waals surface area contributed by atoms with Crippen LogP contribution in [-0.4, -0.2) is 14.5 Å². The number of hydrogen-bond donors (Lipinski definition) is 1. The third-order valence-corrected chi connectivity index (χ3v) is 5.07. The molecule has 0 aliphatic carbocycles. The van der Waals surface area contributed by atoms with Crippen molar-refractivity contribution in [1.29, 1.82) is 0 Å². The Morgan fingerprint density at radius 1 is 1.20 bits per heavy atom. The number of nitrogens with zero attached hydrogens (tertiary/aromatic N) is 3. The molecular formula is C18H20N4O2S. The fraction of sp³-hybridized carbons (Fsp3) is 0.278. The van der Waals surface area contributed by atoms with E-state index in [1.54, 1.807) is 23.0 Å². The highest BCUT2D eigenvalue weighted by Gasteiger charge is 2.25. The van der Waals surface area contributed by atoms with Crippen LogP contribution in [0.5, 0.6) is 0 Å².